The highest BCUT2D eigenvalue weighted by Gasteiger charge is 2.20. The highest BCUT2D eigenvalue weighted by molar-refractivity contribution is 7.92. The second kappa shape index (κ2) is 9.96. The van der Waals surface area contributed by atoms with E-state index in [9.17, 15) is 18.0 Å². The van der Waals surface area contributed by atoms with E-state index in [-0.39, 0.29) is 22.8 Å². The molecule has 0 saturated carbocycles. The van der Waals surface area contributed by atoms with Gasteiger partial charge in [-0.2, -0.15) is 4.99 Å². The van der Waals surface area contributed by atoms with Crippen LogP contribution < -0.4 is 14.3 Å². The average molecular weight is 479 g/mol. The Kier molecular flexibility index (Phi) is 7.31. The Morgan fingerprint density at radius 1 is 1.03 bits per heavy atom. The van der Waals surface area contributed by atoms with Crippen molar-refractivity contribution in [3.63, 3.8) is 0 Å². The Morgan fingerprint density at radius 3 is 2.31 bits per heavy atom. The maximum Gasteiger partial charge on any atom is 0.326 e. The summed E-state index contributed by atoms with van der Waals surface area (Å²) in [5.74, 6) is -1.06. The first-order chi connectivity index (χ1) is 15.3. The normalized spacial score (nSPS) is 12.0. The fourth-order valence-electron chi connectivity index (χ4n) is 2.92. The predicted octanol–water partition coefficient (Wildman–Crippen LogP) is 2.18. The maximum atomic E-state index is 12.6. The second-order valence-corrected chi connectivity index (χ2v) is 9.55. The van der Waals surface area contributed by atoms with Crippen molar-refractivity contribution in [3.8, 4) is 11.5 Å². The highest BCUT2D eigenvalue weighted by atomic mass is 32.2. The summed E-state index contributed by atoms with van der Waals surface area (Å²) in [7, 11) is -0.907. The summed E-state index contributed by atoms with van der Waals surface area (Å²) in [6, 6.07) is 10.9. The van der Waals surface area contributed by atoms with E-state index in [1.807, 2.05) is 0 Å². The number of fused-ring (bicyclic) bond motifs is 1. The molecule has 0 unspecified atom stereocenters. The lowest BCUT2D eigenvalue weighted by molar-refractivity contribution is -0.143. The highest BCUT2D eigenvalue weighted by Crippen LogP contribution is 2.23. The van der Waals surface area contributed by atoms with Gasteiger partial charge in [0.2, 0.25) is 0 Å². The van der Waals surface area contributed by atoms with Crippen molar-refractivity contribution in [2.45, 2.75) is 18.4 Å². The molecular weight excluding hydrogens is 456 g/mol. The van der Waals surface area contributed by atoms with E-state index in [2.05, 4.69) is 4.99 Å². The van der Waals surface area contributed by atoms with E-state index < -0.39 is 27.5 Å². The third-order valence-corrected chi connectivity index (χ3v) is 7.09. The molecule has 3 aromatic rings. The van der Waals surface area contributed by atoms with Gasteiger partial charge < -0.3 is 18.8 Å². The topological polar surface area (TPSA) is 113 Å². The number of nitrogens with zero attached hydrogens (tertiary/aromatic N) is 2. The number of benzene rings is 2. The van der Waals surface area contributed by atoms with Crippen molar-refractivity contribution < 1.29 is 32.2 Å². The quantitative estimate of drug-likeness (QED) is 0.456. The van der Waals surface area contributed by atoms with Crippen molar-refractivity contribution in [1.82, 2.24) is 4.57 Å². The molecule has 0 bridgehead atoms. The number of esters is 1. The molecule has 1 heterocycles. The average Bonchev–Trinajstić information content (AvgIpc) is 3.09. The largest absolute Gasteiger partial charge is 0.497 e. The molecule has 2 aromatic carbocycles. The summed E-state index contributed by atoms with van der Waals surface area (Å²) in [4.78, 5) is 28.8. The predicted molar refractivity (Wildman–Crippen MR) is 119 cm³/mol. The third kappa shape index (κ3) is 5.35. The molecule has 0 spiro atoms. The SMILES string of the molecule is CCOC(=O)Cn1c(=NC(=O)CS(=O)(=O)c2ccc(OC)cc2)sc2cc(OC)ccc21. The molecule has 0 atom stereocenters. The van der Waals surface area contributed by atoms with Crippen LogP contribution in [-0.4, -0.2) is 51.4 Å². The molecule has 0 aliphatic heterocycles. The number of aromatic nitrogens is 1. The van der Waals surface area contributed by atoms with Gasteiger partial charge in [-0.1, -0.05) is 11.3 Å². The zero-order valence-corrected chi connectivity index (χ0v) is 19.4. The number of sulfone groups is 1. The van der Waals surface area contributed by atoms with E-state index in [0.717, 1.165) is 16.0 Å². The molecule has 170 valence electrons. The molecule has 0 radical (unpaired) electrons. The summed E-state index contributed by atoms with van der Waals surface area (Å²) in [5, 5.41) is 0. The first-order valence-corrected chi connectivity index (χ1v) is 12.0. The summed E-state index contributed by atoms with van der Waals surface area (Å²) >= 11 is 1.14. The van der Waals surface area contributed by atoms with Crippen molar-refractivity contribution in [2.24, 2.45) is 4.99 Å². The maximum absolute atomic E-state index is 12.6. The van der Waals surface area contributed by atoms with Crippen molar-refractivity contribution in [1.29, 1.82) is 0 Å². The van der Waals surface area contributed by atoms with E-state index in [1.165, 1.54) is 43.1 Å². The lowest BCUT2D eigenvalue weighted by Crippen LogP contribution is -2.24. The van der Waals surface area contributed by atoms with Crippen LogP contribution in [0.5, 0.6) is 11.5 Å². The van der Waals surface area contributed by atoms with Gasteiger partial charge >= 0.3 is 5.97 Å². The number of carbonyl (C=O) groups excluding carboxylic acids is 2. The summed E-state index contributed by atoms with van der Waals surface area (Å²) in [5.41, 5.74) is 0.647. The van der Waals surface area contributed by atoms with Crippen LogP contribution in [0.15, 0.2) is 52.4 Å². The smallest absolute Gasteiger partial charge is 0.326 e. The van der Waals surface area contributed by atoms with Gasteiger partial charge in [-0.25, -0.2) is 8.42 Å². The molecule has 0 aliphatic rings. The number of thiazole rings is 1. The van der Waals surface area contributed by atoms with Crippen molar-refractivity contribution in [3.05, 3.63) is 47.3 Å². The van der Waals surface area contributed by atoms with Crippen LogP contribution in [0.4, 0.5) is 0 Å². The number of amides is 1. The molecule has 32 heavy (non-hydrogen) atoms. The molecule has 0 aliphatic carbocycles. The van der Waals surface area contributed by atoms with Gasteiger partial charge in [0.25, 0.3) is 5.91 Å². The Labute approximate surface area is 188 Å². The van der Waals surface area contributed by atoms with Crippen LogP contribution in [0, 0.1) is 0 Å². The minimum absolute atomic E-state index is 0.0117. The number of hydrogen-bond acceptors (Lipinski definition) is 8. The zero-order chi connectivity index (χ0) is 23.3. The van der Waals surface area contributed by atoms with Crippen LogP contribution in [0.3, 0.4) is 0 Å². The van der Waals surface area contributed by atoms with Crippen LogP contribution >= 0.6 is 11.3 Å². The van der Waals surface area contributed by atoms with E-state index in [4.69, 9.17) is 14.2 Å². The Morgan fingerprint density at radius 2 is 1.69 bits per heavy atom. The van der Waals surface area contributed by atoms with Crippen LogP contribution in [0.2, 0.25) is 0 Å². The lowest BCUT2D eigenvalue weighted by Gasteiger charge is -2.06. The van der Waals surface area contributed by atoms with Crippen LogP contribution in [-0.2, 0) is 30.7 Å². The van der Waals surface area contributed by atoms with Gasteiger partial charge in [0.15, 0.2) is 14.6 Å². The first-order valence-electron chi connectivity index (χ1n) is 9.54. The molecule has 9 nitrogen and oxygen atoms in total. The lowest BCUT2D eigenvalue weighted by atomic mass is 10.3. The van der Waals surface area contributed by atoms with Gasteiger partial charge in [-0.15, -0.1) is 0 Å². The number of ether oxygens (including phenoxy) is 3. The number of rotatable bonds is 8. The van der Waals surface area contributed by atoms with E-state index in [1.54, 1.807) is 25.1 Å². The molecule has 11 heteroatoms. The monoisotopic (exact) mass is 478 g/mol. The van der Waals surface area contributed by atoms with E-state index in [0.29, 0.717) is 17.0 Å². The van der Waals surface area contributed by atoms with Crippen LogP contribution in [0.1, 0.15) is 6.92 Å². The summed E-state index contributed by atoms with van der Waals surface area (Å²) < 4.78 is 42.7. The zero-order valence-electron chi connectivity index (χ0n) is 17.7. The minimum Gasteiger partial charge on any atom is -0.497 e. The van der Waals surface area contributed by atoms with Crippen molar-refractivity contribution in [2.75, 3.05) is 26.6 Å². The molecule has 1 amide bonds. The van der Waals surface area contributed by atoms with E-state index >= 15 is 0 Å². The second-order valence-electron chi connectivity index (χ2n) is 6.55. The van der Waals surface area contributed by atoms with Gasteiger partial charge in [-0.3, -0.25) is 9.59 Å². The molecule has 3 rings (SSSR count). The number of hydrogen-bond donors (Lipinski definition) is 0. The standard InChI is InChI=1S/C21H22N2O7S2/c1-4-30-20(25)12-23-17-10-7-15(29-3)11-18(17)31-21(23)22-19(24)13-32(26,27)16-8-5-14(28-2)6-9-16/h5-11H,4,12-13H2,1-3H3. The minimum atomic E-state index is -3.90. The van der Waals surface area contributed by atoms with Crippen LogP contribution in [0.25, 0.3) is 10.2 Å². The van der Waals surface area contributed by atoms with Gasteiger partial charge in [-0.05, 0) is 49.4 Å². The Hall–Kier alpha value is -3.18. The molecule has 0 fully saturated rings. The van der Waals surface area contributed by atoms with Crippen molar-refractivity contribution >= 4 is 43.3 Å². The number of carbonyl (C=O) groups is 2. The summed E-state index contributed by atoms with van der Waals surface area (Å²) in [6.45, 7) is 1.73. The van der Waals surface area contributed by atoms with Gasteiger partial charge in [0.1, 0.15) is 23.8 Å². The molecule has 0 N–H and O–H groups in total. The number of methoxy groups -OCH3 is 2. The molecular formula is C21H22N2O7S2. The fourth-order valence-corrected chi connectivity index (χ4v) is 5.10. The Bertz CT molecular complexity index is 1310. The Balaban J connectivity index is 1.97. The summed E-state index contributed by atoms with van der Waals surface area (Å²) in [6.07, 6.45) is 0. The fraction of sp³-hybridized carbons (Fsp3) is 0.286. The van der Waals surface area contributed by atoms with Gasteiger partial charge in [0.05, 0.1) is 35.9 Å². The molecule has 1 aromatic heterocycles. The first kappa shape index (κ1) is 23.5. The molecule has 0 saturated heterocycles. The van der Waals surface area contributed by atoms with Gasteiger partial charge in [0, 0.05) is 0 Å². The third-order valence-electron chi connectivity index (χ3n) is 4.43.